The van der Waals surface area contributed by atoms with Gasteiger partial charge in [-0.2, -0.15) is 5.10 Å². The summed E-state index contributed by atoms with van der Waals surface area (Å²) in [5.41, 5.74) is 10.0. The number of halogens is 1. The van der Waals surface area contributed by atoms with E-state index in [1.165, 1.54) is 6.42 Å². The molecule has 0 unspecified atom stereocenters. The van der Waals surface area contributed by atoms with E-state index < -0.39 is 5.91 Å². The number of fused-ring (bicyclic) bond motifs is 1. The number of aromatic nitrogens is 4. The average molecular weight is 453 g/mol. The van der Waals surface area contributed by atoms with Crippen LogP contribution in [0.4, 0.5) is 5.69 Å². The molecule has 2 N–H and O–H groups in total. The fourth-order valence-corrected chi connectivity index (χ4v) is 4.23. The van der Waals surface area contributed by atoms with Crippen molar-refractivity contribution >= 4 is 34.9 Å². The summed E-state index contributed by atoms with van der Waals surface area (Å²) in [6, 6.07) is 7.76. The molecule has 0 aliphatic carbocycles. The molecule has 0 atom stereocenters. The first-order valence-corrected chi connectivity index (χ1v) is 10.5. The lowest BCUT2D eigenvalue weighted by molar-refractivity contribution is 0.0996. The van der Waals surface area contributed by atoms with Crippen molar-refractivity contribution in [3.8, 4) is 22.8 Å². The third-order valence-electron chi connectivity index (χ3n) is 5.68. The molecule has 1 aromatic carbocycles. The second-order valence-corrected chi connectivity index (χ2v) is 8.03. The molecule has 9 heteroatoms. The molecule has 3 aromatic heterocycles. The molecule has 4 heterocycles. The monoisotopic (exact) mass is 452 g/mol. The van der Waals surface area contributed by atoms with Gasteiger partial charge in [-0.25, -0.2) is 4.98 Å². The van der Waals surface area contributed by atoms with E-state index in [0.717, 1.165) is 59.3 Å². The minimum Gasteiger partial charge on any atom is -0.435 e. The Balaban J connectivity index is 0.00000245. The Bertz CT molecular complexity index is 1290. The quantitative estimate of drug-likeness (QED) is 0.499. The van der Waals surface area contributed by atoms with Gasteiger partial charge in [-0.3, -0.25) is 14.5 Å². The SMILES string of the molecule is Cc1cc(-c2nc(C(N)=O)c(-c3cc4nn(C)cc4cc3N3CCCCC3)o2)ccn1.Cl. The Kier molecular flexibility index (Phi) is 5.88. The van der Waals surface area contributed by atoms with Gasteiger partial charge in [0.1, 0.15) is 0 Å². The second-order valence-electron chi connectivity index (χ2n) is 8.03. The summed E-state index contributed by atoms with van der Waals surface area (Å²) in [6.45, 7) is 3.80. The van der Waals surface area contributed by atoms with Gasteiger partial charge < -0.3 is 15.1 Å². The molecule has 0 spiro atoms. The number of benzene rings is 1. The topological polar surface area (TPSA) is 103 Å². The largest absolute Gasteiger partial charge is 0.435 e. The summed E-state index contributed by atoms with van der Waals surface area (Å²) in [6.07, 6.45) is 7.17. The molecular weight excluding hydrogens is 428 g/mol. The maximum Gasteiger partial charge on any atom is 0.271 e. The molecule has 1 aliphatic rings. The minimum absolute atomic E-state index is 0. The molecule has 8 nitrogen and oxygen atoms in total. The number of hydrogen-bond donors (Lipinski definition) is 1. The highest BCUT2D eigenvalue weighted by Crippen LogP contribution is 2.39. The van der Waals surface area contributed by atoms with Crippen LogP contribution in [-0.4, -0.2) is 38.7 Å². The highest BCUT2D eigenvalue weighted by Gasteiger charge is 2.26. The van der Waals surface area contributed by atoms with Crippen LogP contribution < -0.4 is 10.6 Å². The Labute approximate surface area is 191 Å². The first kappa shape index (κ1) is 21.8. The van der Waals surface area contributed by atoms with Crippen LogP contribution in [0.15, 0.2) is 41.1 Å². The van der Waals surface area contributed by atoms with Crippen LogP contribution in [0.2, 0.25) is 0 Å². The predicted molar refractivity (Wildman–Crippen MR) is 126 cm³/mol. The van der Waals surface area contributed by atoms with Gasteiger partial charge in [0.15, 0.2) is 11.5 Å². The number of amides is 1. The number of carbonyl (C=O) groups excluding carboxylic acids is 1. The number of piperidine rings is 1. The fourth-order valence-electron chi connectivity index (χ4n) is 4.23. The van der Waals surface area contributed by atoms with Gasteiger partial charge in [0, 0.05) is 60.4 Å². The molecule has 32 heavy (non-hydrogen) atoms. The molecule has 1 fully saturated rings. The number of carbonyl (C=O) groups is 1. The van der Waals surface area contributed by atoms with Crippen molar-refractivity contribution in [3.63, 3.8) is 0 Å². The van der Waals surface area contributed by atoms with Gasteiger partial charge in [-0.05, 0) is 50.5 Å². The molecule has 1 saturated heterocycles. The first-order valence-electron chi connectivity index (χ1n) is 10.5. The summed E-state index contributed by atoms with van der Waals surface area (Å²) in [5, 5.41) is 5.59. The summed E-state index contributed by atoms with van der Waals surface area (Å²) in [5.74, 6) is 0.103. The van der Waals surface area contributed by atoms with E-state index in [9.17, 15) is 4.79 Å². The highest BCUT2D eigenvalue weighted by molar-refractivity contribution is 6.01. The van der Waals surface area contributed by atoms with Gasteiger partial charge in [0.2, 0.25) is 5.89 Å². The molecule has 166 valence electrons. The van der Waals surface area contributed by atoms with E-state index in [4.69, 9.17) is 10.2 Å². The zero-order valence-electron chi connectivity index (χ0n) is 18.0. The third-order valence-corrected chi connectivity index (χ3v) is 5.68. The first-order chi connectivity index (χ1) is 15.0. The number of rotatable bonds is 4. The van der Waals surface area contributed by atoms with E-state index in [0.29, 0.717) is 11.7 Å². The van der Waals surface area contributed by atoms with E-state index in [1.807, 2.05) is 32.3 Å². The number of aryl methyl sites for hydroxylation is 2. The van der Waals surface area contributed by atoms with Gasteiger partial charge >= 0.3 is 0 Å². The Morgan fingerprint density at radius 3 is 2.66 bits per heavy atom. The van der Waals surface area contributed by atoms with Crippen molar-refractivity contribution in [1.82, 2.24) is 19.7 Å². The maximum atomic E-state index is 12.3. The van der Waals surface area contributed by atoms with Crippen molar-refractivity contribution in [3.05, 3.63) is 48.0 Å². The Morgan fingerprint density at radius 1 is 1.16 bits per heavy atom. The lowest BCUT2D eigenvalue weighted by Gasteiger charge is -2.30. The van der Waals surface area contributed by atoms with Gasteiger partial charge in [-0.1, -0.05) is 0 Å². The van der Waals surface area contributed by atoms with E-state index in [-0.39, 0.29) is 18.1 Å². The van der Waals surface area contributed by atoms with Gasteiger partial charge in [-0.15, -0.1) is 12.4 Å². The predicted octanol–water partition coefficient (Wildman–Crippen LogP) is 4.11. The minimum atomic E-state index is -0.624. The van der Waals surface area contributed by atoms with Crippen LogP contribution in [-0.2, 0) is 7.05 Å². The number of hydrogen-bond acceptors (Lipinski definition) is 6. The lowest BCUT2D eigenvalue weighted by Crippen LogP contribution is -2.29. The summed E-state index contributed by atoms with van der Waals surface area (Å²) in [4.78, 5) is 23.3. The standard InChI is InChI=1S/C23H24N6O2.ClH/c1-14-10-15(6-7-25-14)23-26-20(22(24)30)21(31-23)17-12-18-16(13-28(2)27-18)11-19(17)29-8-4-3-5-9-29;/h6-7,10-13H,3-5,8-9H2,1-2H3,(H2,24,30);1H. The fraction of sp³-hybridized carbons (Fsp3) is 0.304. The van der Waals surface area contributed by atoms with E-state index >= 15 is 0 Å². The lowest BCUT2D eigenvalue weighted by atomic mass is 10.0. The third kappa shape index (κ3) is 3.93. The molecule has 4 aromatic rings. The molecule has 0 radical (unpaired) electrons. The van der Waals surface area contributed by atoms with Crippen LogP contribution in [0, 0.1) is 6.92 Å². The number of pyridine rings is 1. The van der Waals surface area contributed by atoms with Crippen molar-refractivity contribution in [2.45, 2.75) is 26.2 Å². The number of oxazole rings is 1. The average Bonchev–Trinajstić information content (AvgIpc) is 3.36. The van der Waals surface area contributed by atoms with Crippen molar-refractivity contribution in [2.24, 2.45) is 12.8 Å². The smallest absolute Gasteiger partial charge is 0.271 e. The zero-order valence-corrected chi connectivity index (χ0v) is 18.9. The summed E-state index contributed by atoms with van der Waals surface area (Å²) < 4.78 is 7.98. The van der Waals surface area contributed by atoms with Crippen LogP contribution in [0.3, 0.4) is 0 Å². The molecule has 1 amide bonds. The maximum absolute atomic E-state index is 12.3. The summed E-state index contributed by atoms with van der Waals surface area (Å²) >= 11 is 0. The number of anilines is 1. The normalized spacial score (nSPS) is 13.9. The van der Waals surface area contributed by atoms with Crippen LogP contribution >= 0.6 is 12.4 Å². The molecule has 0 bridgehead atoms. The van der Waals surface area contributed by atoms with Crippen LogP contribution in [0.25, 0.3) is 33.7 Å². The number of nitrogens with two attached hydrogens (primary N) is 1. The Hall–Kier alpha value is -3.39. The molecule has 0 saturated carbocycles. The van der Waals surface area contributed by atoms with Crippen molar-refractivity contribution in [2.75, 3.05) is 18.0 Å². The number of primary amides is 1. The highest BCUT2D eigenvalue weighted by atomic mass is 35.5. The zero-order chi connectivity index (χ0) is 21.5. The second kappa shape index (κ2) is 8.63. The van der Waals surface area contributed by atoms with Crippen LogP contribution in [0.1, 0.15) is 35.4 Å². The summed E-state index contributed by atoms with van der Waals surface area (Å²) in [7, 11) is 1.90. The Morgan fingerprint density at radius 2 is 1.94 bits per heavy atom. The van der Waals surface area contributed by atoms with E-state index in [1.54, 1.807) is 16.9 Å². The number of nitrogens with zero attached hydrogens (tertiary/aromatic N) is 5. The molecule has 5 rings (SSSR count). The van der Waals surface area contributed by atoms with Crippen LogP contribution in [0.5, 0.6) is 0 Å². The molecule has 1 aliphatic heterocycles. The van der Waals surface area contributed by atoms with E-state index in [2.05, 4.69) is 26.0 Å². The van der Waals surface area contributed by atoms with Gasteiger partial charge in [0.25, 0.3) is 5.91 Å². The van der Waals surface area contributed by atoms with Crippen molar-refractivity contribution < 1.29 is 9.21 Å². The molecular formula is C23H25ClN6O2. The van der Waals surface area contributed by atoms with Crippen molar-refractivity contribution in [1.29, 1.82) is 0 Å². The van der Waals surface area contributed by atoms with Gasteiger partial charge in [0.05, 0.1) is 5.52 Å².